The molecule has 2 atom stereocenters. The fourth-order valence-corrected chi connectivity index (χ4v) is 4.95. The smallest absolute Gasteiger partial charge is 0.246 e. The second-order valence-electron chi connectivity index (χ2n) is 9.62. The van der Waals surface area contributed by atoms with Crippen LogP contribution in [0.3, 0.4) is 0 Å². The van der Waals surface area contributed by atoms with Gasteiger partial charge in [-0.1, -0.05) is 24.3 Å². The van der Waals surface area contributed by atoms with Gasteiger partial charge < -0.3 is 14.4 Å². The maximum Gasteiger partial charge on any atom is 0.246 e. The van der Waals surface area contributed by atoms with Crippen LogP contribution in [0.25, 0.3) is 0 Å². The number of nitrogens with zero attached hydrogens (tertiary/aromatic N) is 4. The number of hydrogen-bond donors (Lipinski definition) is 0. The van der Waals surface area contributed by atoms with Crippen LogP contribution in [0.15, 0.2) is 85.2 Å². The number of aromatic nitrogens is 3. The summed E-state index contributed by atoms with van der Waals surface area (Å²) in [5, 5.41) is 8.08. The van der Waals surface area contributed by atoms with Crippen LogP contribution in [0.1, 0.15) is 17.5 Å². The Kier molecular flexibility index (Phi) is 7.96. The van der Waals surface area contributed by atoms with E-state index in [0.29, 0.717) is 24.5 Å². The minimum absolute atomic E-state index is 0.0158. The largest absolute Gasteiger partial charge is 0.497 e. The van der Waals surface area contributed by atoms with Crippen LogP contribution in [0.5, 0.6) is 17.2 Å². The zero-order valence-corrected chi connectivity index (χ0v) is 21.6. The Bertz CT molecular complexity index is 1410. The van der Waals surface area contributed by atoms with Crippen molar-refractivity contribution in [3.63, 3.8) is 0 Å². The summed E-state index contributed by atoms with van der Waals surface area (Å²) < 4.78 is 24.2. The van der Waals surface area contributed by atoms with E-state index in [9.17, 15) is 14.0 Å². The van der Waals surface area contributed by atoms with Crippen molar-refractivity contribution in [1.82, 2.24) is 19.9 Å². The number of carbonyl (C=O) groups excluding carboxylic acids is 2. The predicted molar refractivity (Wildman–Crippen MR) is 142 cm³/mol. The summed E-state index contributed by atoms with van der Waals surface area (Å²) in [6.45, 7) is 0.468. The molecule has 0 spiro atoms. The van der Waals surface area contributed by atoms with E-state index < -0.39 is 6.04 Å². The SMILES string of the molecule is COc1cccc(C[C@@H]2C[C@@H](C(=O)Cc3ccc(Oc4ccc(F)cc4)cc3)N(C(=O)Cn3nccn3)C2)c1. The van der Waals surface area contributed by atoms with Crippen molar-refractivity contribution in [2.45, 2.75) is 31.8 Å². The molecule has 1 aliphatic rings. The molecule has 1 fully saturated rings. The molecule has 0 aliphatic carbocycles. The summed E-state index contributed by atoms with van der Waals surface area (Å²) in [5.74, 6) is 1.49. The van der Waals surface area contributed by atoms with Crippen molar-refractivity contribution in [3.05, 3.63) is 102 Å². The molecule has 5 rings (SSSR count). The van der Waals surface area contributed by atoms with E-state index in [-0.39, 0.29) is 36.4 Å². The molecule has 0 N–H and O–H groups in total. The maximum atomic E-state index is 13.5. The lowest BCUT2D eigenvalue weighted by atomic mass is 9.94. The molecule has 8 nitrogen and oxygen atoms in total. The van der Waals surface area contributed by atoms with Gasteiger partial charge in [0.05, 0.1) is 25.5 Å². The molecule has 0 bridgehead atoms. The van der Waals surface area contributed by atoms with Crippen LogP contribution in [-0.4, -0.2) is 51.3 Å². The molecule has 1 aliphatic heterocycles. The molecule has 2 heterocycles. The number of ether oxygens (including phenoxy) is 2. The zero-order valence-electron chi connectivity index (χ0n) is 21.6. The van der Waals surface area contributed by atoms with Gasteiger partial charge in [-0.05, 0) is 78.4 Å². The number of benzene rings is 3. The van der Waals surface area contributed by atoms with E-state index in [1.165, 1.54) is 29.3 Å². The van der Waals surface area contributed by atoms with E-state index in [1.54, 1.807) is 36.3 Å². The van der Waals surface area contributed by atoms with Crippen molar-refractivity contribution in [2.75, 3.05) is 13.7 Å². The summed E-state index contributed by atoms with van der Waals surface area (Å²) in [6, 6.07) is 20.3. The molecule has 200 valence electrons. The van der Waals surface area contributed by atoms with Gasteiger partial charge >= 0.3 is 0 Å². The summed E-state index contributed by atoms with van der Waals surface area (Å²) in [7, 11) is 1.63. The monoisotopic (exact) mass is 528 g/mol. The van der Waals surface area contributed by atoms with Gasteiger partial charge in [-0.3, -0.25) is 9.59 Å². The van der Waals surface area contributed by atoms with E-state index in [2.05, 4.69) is 10.2 Å². The summed E-state index contributed by atoms with van der Waals surface area (Å²) in [6.07, 6.45) is 4.56. The first-order chi connectivity index (χ1) is 19.0. The van der Waals surface area contributed by atoms with Gasteiger partial charge in [0.15, 0.2) is 5.78 Å². The molecule has 9 heteroatoms. The fourth-order valence-electron chi connectivity index (χ4n) is 4.95. The average Bonchev–Trinajstić information content (AvgIpc) is 3.61. The third-order valence-electron chi connectivity index (χ3n) is 6.83. The predicted octanol–water partition coefficient (Wildman–Crippen LogP) is 4.49. The molecule has 3 aromatic carbocycles. The summed E-state index contributed by atoms with van der Waals surface area (Å²) in [4.78, 5) is 29.8. The van der Waals surface area contributed by atoms with Gasteiger partial charge in [0.1, 0.15) is 29.6 Å². The number of ketones is 1. The van der Waals surface area contributed by atoms with Gasteiger partial charge in [0.2, 0.25) is 5.91 Å². The minimum atomic E-state index is -0.529. The first kappa shape index (κ1) is 26.1. The molecule has 1 saturated heterocycles. The zero-order chi connectivity index (χ0) is 27.2. The van der Waals surface area contributed by atoms with Crippen molar-refractivity contribution in [2.24, 2.45) is 5.92 Å². The molecule has 1 aromatic heterocycles. The van der Waals surface area contributed by atoms with Gasteiger partial charge in [-0.15, -0.1) is 0 Å². The number of methoxy groups -OCH3 is 1. The molecular weight excluding hydrogens is 499 g/mol. The van der Waals surface area contributed by atoms with Crippen LogP contribution in [-0.2, 0) is 29.0 Å². The highest BCUT2D eigenvalue weighted by Gasteiger charge is 2.39. The highest BCUT2D eigenvalue weighted by Crippen LogP contribution is 2.30. The quantitative estimate of drug-likeness (QED) is 0.302. The normalized spacial score (nSPS) is 16.7. The average molecular weight is 529 g/mol. The molecule has 4 aromatic rings. The Labute approximate surface area is 226 Å². The molecule has 39 heavy (non-hydrogen) atoms. The Balaban J connectivity index is 1.27. The van der Waals surface area contributed by atoms with Gasteiger partial charge in [-0.25, -0.2) is 4.39 Å². The van der Waals surface area contributed by atoms with Crippen LogP contribution in [0.2, 0.25) is 0 Å². The van der Waals surface area contributed by atoms with Gasteiger partial charge in [-0.2, -0.15) is 15.0 Å². The van der Waals surface area contributed by atoms with Gasteiger partial charge in [0.25, 0.3) is 0 Å². The first-order valence-corrected chi connectivity index (χ1v) is 12.8. The van der Waals surface area contributed by atoms with Crippen molar-refractivity contribution < 1.29 is 23.5 Å². The lowest BCUT2D eigenvalue weighted by molar-refractivity contribution is -0.138. The van der Waals surface area contributed by atoms with Gasteiger partial charge in [0, 0.05) is 13.0 Å². The number of amides is 1. The minimum Gasteiger partial charge on any atom is -0.497 e. The molecule has 0 saturated carbocycles. The third-order valence-corrected chi connectivity index (χ3v) is 6.83. The summed E-state index contributed by atoms with van der Waals surface area (Å²) >= 11 is 0. The van der Waals surface area contributed by atoms with E-state index >= 15 is 0 Å². The number of halogens is 1. The Morgan fingerprint density at radius 1 is 0.923 bits per heavy atom. The standard InChI is InChI=1S/C30H29FN4O4/c1-38-27-4-2-3-22(16-27)15-23-17-28(34(19-23)30(37)20-35-32-13-14-33-35)29(36)18-21-5-9-25(10-6-21)39-26-11-7-24(31)8-12-26/h2-14,16,23,28H,15,17-20H2,1H3/t23-,28+/m1/s1. The van der Waals surface area contributed by atoms with Crippen molar-refractivity contribution in [3.8, 4) is 17.2 Å². The van der Waals surface area contributed by atoms with Crippen LogP contribution >= 0.6 is 0 Å². The molecular formula is C30H29FN4O4. The third kappa shape index (κ3) is 6.67. The van der Waals surface area contributed by atoms with Crippen molar-refractivity contribution in [1.29, 1.82) is 0 Å². The van der Waals surface area contributed by atoms with E-state index in [4.69, 9.17) is 9.47 Å². The van der Waals surface area contributed by atoms with E-state index in [1.807, 2.05) is 36.4 Å². The lowest BCUT2D eigenvalue weighted by Crippen LogP contribution is -2.43. The maximum absolute atomic E-state index is 13.5. The molecule has 0 unspecified atom stereocenters. The molecule has 1 amide bonds. The topological polar surface area (TPSA) is 86.5 Å². The lowest BCUT2D eigenvalue weighted by Gasteiger charge is -2.23. The number of Topliss-reactive ketones (excluding diaryl/α,β-unsaturated/α-hetero) is 1. The number of rotatable bonds is 10. The summed E-state index contributed by atoms with van der Waals surface area (Å²) in [5.41, 5.74) is 1.93. The van der Waals surface area contributed by atoms with Crippen molar-refractivity contribution >= 4 is 11.7 Å². The van der Waals surface area contributed by atoms with E-state index in [0.717, 1.165) is 23.3 Å². The molecule has 0 radical (unpaired) electrons. The Hall–Kier alpha value is -4.53. The Morgan fingerprint density at radius 3 is 2.31 bits per heavy atom. The second-order valence-corrected chi connectivity index (χ2v) is 9.62. The second kappa shape index (κ2) is 11.9. The van der Waals surface area contributed by atoms with Crippen LogP contribution < -0.4 is 9.47 Å². The highest BCUT2D eigenvalue weighted by atomic mass is 19.1. The first-order valence-electron chi connectivity index (χ1n) is 12.8. The number of likely N-dealkylation sites (tertiary alicyclic amines) is 1. The number of hydrogen-bond acceptors (Lipinski definition) is 6. The number of carbonyl (C=O) groups is 2. The van der Waals surface area contributed by atoms with Crippen LogP contribution in [0.4, 0.5) is 4.39 Å². The fraction of sp³-hybridized carbons (Fsp3) is 0.267. The highest BCUT2D eigenvalue weighted by molar-refractivity contribution is 5.91. The van der Waals surface area contributed by atoms with Crippen LogP contribution in [0, 0.1) is 11.7 Å². The Morgan fingerprint density at radius 2 is 1.62 bits per heavy atom.